The molecule has 0 N–H and O–H groups in total. The molecule has 23 heavy (non-hydrogen) atoms. The Labute approximate surface area is 146 Å². The van der Waals surface area contributed by atoms with Crippen LogP contribution in [-0.2, 0) is 5.75 Å². The van der Waals surface area contributed by atoms with Gasteiger partial charge >= 0.3 is 0 Å². The van der Waals surface area contributed by atoms with E-state index >= 15 is 0 Å². The van der Waals surface area contributed by atoms with Crippen molar-refractivity contribution in [3.8, 4) is 5.69 Å². The first-order valence-electron chi connectivity index (χ1n) is 6.93. The lowest BCUT2D eigenvalue weighted by molar-refractivity contribution is 0.883. The van der Waals surface area contributed by atoms with Crippen LogP contribution in [0.1, 0.15) is 5.01 Å². The van der Waals surface area contributed by atoms with E-state index < -0.39 is 0 Å². The van der Waals surface area contributed by atoms with E-state index in [1.165, 1.54) is 4.70 Å². The summed E-state index contributed by atoms with van der Waals surface area (Å²) >= 11 is 9.39. The number of thiazole rings is 1. The van der Waals surface area contributed by atoms with Crippen LogP contribution in [0, 0.1) is 0 Å². The van der Waals surface area contributed by atoms with Gasteiger partial charge in [0.25, 0.3) is 0 Å². The lowest BCUT2D eigenvalue weighted by Crippen LogP contribution is -1.95. The first-order valence-corrected chi connectivity index (χ1v) is 9.11. The average Bonchev–Trinajstić information content (AvgIpc) is 3.19. The van der Waals surface area contributed by atoms with Crippen molar-refractivity contribution in [1.29, 1.82) is 0 Å². The summed E-state index contributed by atoms with van der Waals surface area (Å²) < 4.78 is 3.14. The van der Waals surface area contributed by atoms with Crippen LogP contribution in [0.3, 0.4) is 0 Å². The molecule has 2 heterocycles. The third-order valence-corrected chi connectivity index (χ3v) is 5.67. The normalized spacial score (nSPS) is 11.2. The van der Waals surface area contributed by atoms with E-state index in [1.807, 2.05) is 47.0 Å². The maximum absolute atomic E-state index is 6.06. The molecular formula is C16H11ClN4S2. The molecule has 4 rings (SSSR count). The fourth-order valence-electron chi connectivity index (χ4n) is 2.23. The number of fused-ring (bicyclic) bond motifs is 1. The van der Waals surface area contributed by atoms with Gasteiger partial charge < -0.3 is 0 Å². The number of rotatable bonds is 4. The third kappa shape index (κ3) is 3.10. The predicted octanol–water partition coefficient (Wildman–Crippen LogP) is 4.82. The van der Waals surface area contributed by atoms with Gasteiger partial charge in [-0.3, -0.25) is 4.57 Å². The number of nitrogens with zero attached hydrogens (tertiary/aromatic N) is 4. The fraction of sp³-hybridized carbons (Fsp3) is 0.0625. The second kappa shape index (κ2) is 6.31. The van der Waals surface area contributed by atoms with Gasteiger partial charge in [-0.15, -0.1) is 21.5 Å². The molecule has 0 saturated heterocycles. The molecule has 4 nitrogen and oxygen atoms in total. The summed E-state index contributed by atoms with van der Waals surface area (Å²) in [6, 6.07) is 15.8. The number of thioether (sulfide) groups is 1. The molecule has 0 fully saturated rings. The summed E-state index contributed by atoms with van der Waals surface area (Å²) in [6.07, 6.45) is 1.70. The van der Waals surface area contributed by atoms with E-state index in [9.17, 15) is 0 Å². The van der Waals surface area contributed by atoms with E-state index in [0.29, 0.717) is 5.02 Å². The van der Waals surface area contributed by atoms with Crippen LogP contribution in [0.15, 0.2) is 60.0 Å². The smallest absolute Gasteiger partial charge is 0.196 e. The number of halogens is 1. The average molecular weight is 359 g/mol. The van der Waals surface area contributed by atoms with Gasteiger partial charge in [-0.2, -0.15) is 0 Å². The van der Waals surface area contributed by atoms with Gasteiger partial charge in [0.05, 0.1) is 21.7 Å². The Hall–Kier alpha value is -1.89. The molecule has 0 bridgehead atoms. The summed E-state index contributed by atoms with van der Waals surface area (Å²) in [5.41, 5.74) is 2.00. The highest BCUT2D eigenvalue weighted by Crippen LogP contribution is 2.28. The molecule has 114 valence electrons. The van der Waals surface area contributed by atoms with Gasteiger partial charge in [-0.1, -0.05) is 41.6 Å². The minimum Gasteiger partial charge on any atom is -0.277 e. The van der Waals surface area contributed by atoms with Gasteiger partial charge in [0.15, 0.2) is 5.16 Å². The van der Waals surface area contributed by atoms with Gasteiger partial charge in [-0.25, -0.2) is 4.98 Å². The monoisotopic (exact) mass is 358 g/mol. The fourth-order valence-corrected chi connectivity index (χ4v) is 4.31. The van der Waals surface area contributed by atoms with Crippen LogP contribution in [-0.4, -0.2) is 19.7 Å². The predicted molar refractivity (Wildman–Crippen MR) is 95.6 cm³/mol. The summed E-state index contributed by atoms with van der Waals surface area (Å²) in [6.45, 7) is 0. The van der Waals surface area contributed by atoms with Gasteiger partial charge in [-0.05, 0) is 30.3 Å². The van der Waals surface area contributed by atoms with Gasteiger partial charge in [0, 0.05) is 5.02 Å². The standard InChI is InChI=1S/C16H11ClN4S2/c17-11-4-3-5-12(8-11)21-10-18-20-16(21)22-9-15-19-13-6-1-2-7-14(13)23-15/h1-8,10H,9H2. The largest absolute Gasteiger partial charge is 0.277 e. The zero-order chi connectivity index (χ0) is 15.6. The highest BCUT2D eigenvalue weighted by Gasteiger charge is 2.10. The summed E-state index contributed by atoms with van der Waals surface area (Å²) in [5, 5.41) is 10.8. The van der Waals surface area contributed by atoms with Crippen molar-refractivity contribution in [2.75, 3.05) is 0 Å². The molecule has 2 aromatic heterocycles. The second-order valence-corrected chi connectivity index (χ2v) is 7.32. The topological polar surface area (TPSA) is 43.6 Å². The minimum absolute atomic E-state index is 0.693. The zero-order valence-electron chi connectivity index (χ0n) is 11.9. The van der Waals surface area contributed by atoms with Crippen LogP contribution >= 0.6 is 34.7 Å². The quantitative estimate of drug-likeness (QED) is 0.490. The maximum atomic E-state index is 6.06. The highest BCUT2D eigenvalue weighted by molar-refractivity contribution is 7.98. The molecule has 0 unspecified atom stereocenters. The molecule has 0 spiro atoms. The Morgan fingerprint density at radius 3 is 2.91 bits per heavy atom. The first kappa shape index (κ1) is 14.7. The van der Waals surface area contributed by atoms with Crippen molar-refractivity contribution in [2.45, 2.75) is 10.9 Å². The Morgan fingerprint density at radius 2 is 2.04 bits per heavy atom. The van der Waals surface area contributed by atoms with Crippen molar-refractivity contribution < 1.29 is 0 Å². The second-order valence-electron chi connectivity index (χ2n) is 4.83. The molecule has 0 amide bonds. The van der Waals surface area contributed by atoms with Crippen molar-refractivity contribution >= 4 is 44.9 Å². The Balaban J connectivity index is 1.57. The molecule has 0 saturated carbocycles. The van der Waals surface area contributed by atoms with Crippen LogP contribution in [0.5, 0.6) is 0 Å². The Morgan fingerprint density at radius 1 is 1.13 bits per heavy atom. The molecule has 7 heteroatoms. The molecule has 0 atom stereocenters. The van der Waals surface area contributed by atoms with E-state index in [-0.39, 0.29) is 0 Å². The van der Waals surface area contributed by atoms with Crippen LogP contribution in [0.2, 0.25) is 5.02 Å². The van der Waals surface area contributed by atoms with E-state index in [4.69, 9.17) is 11.6 Å². The number of benzene rings is 2. The van der Waals surface area contributed by atoms with Crippen molar-refractivity contribution in [3.63, 3.8) is 0 Å². The van der Waals surface area contributed by atoms with E-state index in [1.54, 1.807) is 29.4 Å². The molecule has 4 aromatic rings. The Bertz CT molecular complexity index is 930. The van der Waals surface area contributed by atoms with Crippen LogP contribution in [0.25, 0.3) is 15.9 Å². The van der Waals surface area contributed by atoms with Gasteiger partial charge in [0.2, 0.25) is 0 Å². The van der Waals surface area contributed by atoms with E-state index in [2.05, 4.69) is 21.2 Å². The van der Waals surface area contributed by atoms with Gasteiger partial charge in [0.1, 0.15) is 11.3 Å². The molecule has 0 radical (unpaired) electrons. The lowest BCUT2D eigenvalue weighted by Gasteiger charge is -2.05. The lowest BCUT2D eigenvalue weighted by atomic mass is 10.3. The zero-order valence-corrected chi connectivity index (χ0v) is 14.3. The van der Waals surface area contributed by atoms with Crippen LogP contribution < -0.4 is 0 Å². The molecule has 0 aliphatic carbocycles. The third-order valence-electron chi connectivity index (χ3n) is 3.27. The first-order chi connectivity index (χ1) is 11.3. The summed E-state index contributed by atoms with van der Waals surface area (Å²) in [7, 11) is 0. The number of hydrogen-bond acceptors (Lipinski definition) is 5. The maximum Gasteiger partial charge on any atom is 0.196 e. The summed E-state index contributed by atoms with van der Waals surface area (Å²) in [5.74, 6) is 0.763. The number of para-hydroxylation sites is 1. The highest BCUT2D eigenvalue weighted by atomic mass is 35.5. The van der Waals surface area contributed by atoms with Crippen LogP contribution in [0.4, 0.5) is 0 Å². The van der Waals surface area contributed by atoms with Crippen molar-refractivity contribution in [3.05, 3.63) is 64.9 Å². The SMILES string of the molecule is Clc1cccc(-n2cnnc2SCc2nc3ccccc3s2)c1. The van der Waals surface area contributed by atoms with E-state index in [0.717, 1.165) is 27.1 Å². The minimum atomic E-state index is 0.693. The van der Waals surface area contributed by atoms with Crippen molar-refractivity contribution in [2.24, 2.45) is 0 Å². The molecule has 0 aliphatic rings. The molecule has 2 aromatic carbocycles. The summed E-state index contributed by atoms with van der Waals surface area (Å²) in [4.78, 5) is 4.65. The molecular weight excluding hydrogens is 348 g/mol. The Kier molecular flexibility index (Phi) is 4.03. The number of hydrogen-bond donors (Lipinski definition) is 0. The molecule has 0 aliphatic heterocycles. The van der Waals surface area contributed by atoms with Crippen molar-refractivity contribution in [1.82, 2.24) is 19.7 Å². The number of aromatic nitrogens is 4.